The fourth-order valence-corrected chi connectivity index (χ4v) is 2.51. The molecule has 0 bridgehead atoms. The smallest absolute Gasteiger partial charge is 0.104 e. The molecule has 0 spiro atoms. The van der Waals surface area contributed by atoms with Crippen molar-refractivity contribution >= 4 is 11.8 Å². The van der Waals surface area contributed by atoms with Gasteiger partial charge >= 0.3 is 0 Å². The van der Waals surface area contributed by atoms with Gasteiger partial charge in [-0.15, -0.1) is 0 Å². The number of aryl methyl sites for hydroxylation is 2. The quantitative estimate of drug-likeness (QED) is 0.898. The molecule has 0 saturated heterocycles. The molecule has 18 heavy (non-hydrogen) atoms. The normalized spacial score (nSPS) is 10.8. The maximum Gasteiger partial charge on any atom is 0.104 e. The van der Waals surface area contributed by atoms with E-state index in [1.165, 1.54) is 11.1 Å². The van der Waals surface area contributed by atoms with Crippen molar-refractivity contribution in [2.24, 2.45) is 7.05 Å². The van der Waals surface area contributed by atoms with Crippen LogP contribution in [0.1, 0.15) is 18.1 Å². The number of aromatic nitrogens is 3. The third-order valence-electron chi connectivity index (χ3n) is 2.56. The summed E-state index contributed by atoms with van der Waals surface area (Å²) in [5, 5.41) is 8.51. The molecular formula is C13H18N4S. The lowest BCUT2D eigenvalue weighted by atomic mass is 10.2. The highest BCUT2D eigenvalue weighted by atomic mass is 32.2. The predicted molar refractivity (Wildman–Crippen MR) is 73.7 cm³/mol. The van der Waals surface area contributed by atoms with Crippen LogP contribution in [0.3, 0.4) is 0 Å². The van der Waals surface area contributed by atoms with Gasteiger partial charge in [-0.05, 0) is 24.6 Å². The van der Waals surface area contributed by atoms with Gasteiger partial charge in [0, 0.05) is 26.0 Å². The van der Waals surface area contributed by atoms with E-state index in [1.54, 1.807) is 16.4 Å². The van der Waals surface area contributed by atoms with E-state index in [9.17, 15) is 0 Å². The summed E-state index contributed by atoms with van der Waals surface area (Å²) in [5.74, 6) is 0. The minimum Gasteiger partial charge on any atom is -0.313 e. The fourth-order valence-electron chi connectivity index (χ4n) is 1.66. The molecule has 1 N–H and O–H groups in total. The van der Waals surface area contributed by atoms with Crippen molar-refractivity contribution < 1.29 is 0 Å². The molecule has 2 aromatic heterocycles. The molecule has 2 heterocycles. The Kier molecular flexibility index (Phi) is 4.38. The predicted octanol–water partition coefficient (Wildman–Crippen LogP) is 2.38. The second-order valence-corrected chi connectivity index (χ2v) is 5.26. The van der Waals surface area contributed by atoms with Crippen LogP contribution < -0.4 is 5.32 Å². The molecule has 0 fully saturated rings. The monoisotopic (exact) mass is 262 g/mol. The minimum absolute atomic E-state index is 0.877. The average Bonchev–Trinajstić information content (AvgIpc) is 2.75. The summed E-state index contributed by atoms with van der Waals surface area (Å²) in [6.07, 6.45) is 5.80. The van der Waals surface area contributed by atoms with Gasteiger partial charge in [-0.1, -0.05) is 24.8 Å². The molecule has 0 aliphatic heterocycles. The van der Waals surface area contributed by atoms with Gasteiger partial charge in [0.25, 0.3) is 0 Å². The van der Waals surface area contributed by atoms with Gasteiger partial charge in [0.1, 0.15) is 5.03 Å². The SMILES string of the molecule is CCNCc1cnc(Sc2cnn(C)c2)c(C)c1. The maximum atomic E-state index is 4.52. The summed E-state index contributed by atoms with van der Waals surface area (Å²) in [4.78, 5) is 5.64. The van der Waals surface area contributed by atoms with Crippen molar-refractivity contribution in [3.05, 3.63) is 35.8 Å². The molecule has 0 aromatic carbocycles. The average molecular weight is 262 g/mol. The molecule has 0 atom stereocenters. The second-order valence-electron chi connectivity index (χ2n) is 4.20. The fraction of sp³-hybridized carbons (Fsp3) is 0.385. The van der Waals surface area contributed by atoms with Crippen LogP contribution >= 0.6 is 11.8 Å². The van der Waals surface area contributed by atoms with Crippen molar-refractivity contribution in [2.45, 2.75) is 30.3 Å². The topological polar surface area (TPSA) is 42.7 Å². The lowest BCUT2D eigenvalue weighted by molar-refractivity contribution is 0.721. The summed E-state index contributed by atoms with van der Waals surface area (Å²) in [6, 6.07) is 2.19. The van der Waals surface area contributed by atoms with E-state index in [4.69, 9.17) is 0 Å². The molecule has 5 heteroatoms. The van der Waals surface area contributed by atoms with E-state index in [-0.39, 0.29) is 0 Å². The van der Waals surface area contributed by atoms with Crippen LogP contribution in [0.15, 0.2) is 34.6 Å². The van der Waals surface area contributed by atoms with Gasteiger partial charge in [-0.3, -0.25) is 4.68 Å². The Labute approximate surface area is 112 Å². The largest absolute Gasteiger partial charge is 0.313 e. The number of hydrogen-bond acceptors (Lipinski definition) is 4. The summed E-state index contributed by atoms with van der Waals surface area (Å²) < 4.78 is 1.80. The van der Waals surface area contributed by atoms with Gasteiger partial charge in [-0.2, -0.15) is 5.10 Å². The van der Waals surface area contributed by atoms with E-state index >= 15 is 0 Å². The molecule has 0 amide bonds. The summed E-state index contributed by atoms with van der Waals surface area (Å²) in [7, 11) is 1.92. The zero-order valence-electron chi connectivity index (χ0n) is 11.0. The lowest BCUT2D eigenvalue weighted by Gasteiger charge is -2.06. The van der Waals surface area contributed by atoms with E-state index in [1.807, 2.05) is 25.6 Å². The lowest BCUT2D eigenvalue weighted by Crippen LogP contribution is -2.12. The Morgan fingerprint density at radius 1 is 1.39 bits per heavy atom. The van der Waals surface area contributed by atoms with E-state index in [2.05, 4.69) is 35.3 Å². The van der Waals surface area contributed by atoms with E-state index in [0.29, 0.717) is 0 Å². The highest BCUT2D eigenvalue weighted by molar-refractivity contribution is 7.99. The van der Waals surface area contributed by atoms with E-state index < -0.39 is 0 Å². The van der Waals surface area contributed by atoms with Crippen LogP contribution in [-0.2, 0) is 13.6 Å². The van der Waals surface area contributed by atoms with Gasteiger partial charge in [0.2, 0.25) is 0 Å². The van der Waals surface area contributed by atoms with Crippen LogP contribution in [0, 0.1) is 6.92 Å². The van der Waals surface area contributed by atoms with Crippen LogP contribution in [0.25, 0.3) is 0 Å². The van der Waals surface area contributed by atoms with Gasteiger partial charge < -0.3 is 5.32 Å². The van der Waals surface area contributed by atoms with Crippen molar-refractivity contribution in [1.82, 2.24) is 20.1 Å². The standard InChI is InChI=1S/C13H18N4S/c1-4-14-6-11-5-10(2)13(15-7-11)18-12-8-16-17(3)9-12/h5,7-9,14H,4,6H2,1-3H3. The first-order chi connectivity index (χ1) is 8.69. The Hall–Kier alpha value is -1.33. The Balaban J connectivity index is 2.09. The van der Waals surface area contributed by atoms with Crippen molar-refractivity contribution in [3.8, 4) is 0 Å². The third kappa shape index (κ3) is 3.34. The first-order valence-corrected chi connectivity index (χ1v) is 6.83. The van der Waals surface area contributed by atoms with Crippen molar-refractivity contribution in [1.29, 1.82) is 0 Å². The first kappa shape index (κ1) is 13.1. The Morgan fingerprint density at radius 2 is 2.22 bits per heavy atom. The molecule has 2 aromatic rings. The van der Waals surface area contributed by atoms with Crippen LogP contribution in [0.4, 0.5) is 0 Å². The maximum absolute atomic E-state index is 4.52. The van der Waals surface area contributed by atoms with Crippen molar-refractivity contribution in [3.63, 3.8) is 0 Å². The van der Waals surface area contributed by atoms with E-state index in [0.717, 1.165) is 23.0 Å². The zero-order chi connectivity index (χ0) is 13.0. The van der Waals surface area contributed by atoms with Crippen molar-refractivity contribution in [2.75, 3.05) is 6.54 Å². The Morgan fingerprint density at radius 3 is 2.83 bits per heavy atom. The van der Waals surface area contributed by atoms with Gasteiger partial charge in [0.05, 0.1) is 11.1 Å². The molecular weight excluding hydrogens is 244 g/mol. The van der Waals surface area contributed by atoms with Gasteiger partial charge in [0.15, 0.2) is 0 Å². The third-order valence-corrected chi connectivity index (χ3v) is 3.63. The van der Waals surface area contributed by atoms with Crippen LogP contribution in [-0.4, -0.2) is 21.3 Å². The first-order valence-electron chi connectivity index (χ1n) is 6.01. The van der Waals surface area contributed by atoms with Crippen LogP contribution in [0.5, 0.6) is 0 Å². The molecule has 0 aliphatic rings. The molecule has 2 rings (SSSR count). The zero-order valence-corrected chi connectivity index (χ0v) is 11.8. The summed E-state index contributed by atoms with van der Waals surface area (Å²) >= 11 is 1.65. The highest BCUT2D eigenvalue weighted by Crippen LogP contribution is 2.28. The highest BCUT2D eigenvalue weighted by Gasteiger charge is 2.05. The number of rotatable bonds is 5. The molecule has 0 aliphatic carbocycles. The molecule has 0 radical (unpaired) electrons. The summed E-state index contributed by atoms with van der Waals surface area (Å²) in [6.45, 7) is 6.06. The molecule has 0 saturated carbocycles. The number of hydrogen-bond donors (Lipinski definition) is 1. The number of nitrogens with one attached hydrogen (secondary N) is 1. The van der Waals surface area contributed by atoms with Gasteiger partial charge in [-0.25, -0.2) is 4.98 Å². The summed E-state index contributed by atoms with van der Waals surface area (Å²) in [5.41, 5.74) is 2.43. The number of nitrogens with zero attached hydrogens (tertiary/aromatic N) is 3. The second kappa shape index (κ2) is 6.02. The number of pyridine rings is 1. The molecule has 96 valence electrons. The molecule has 0 unspecified atom stereocenters. The van der Waals surface area contributed by atoms with Crippen LogP contribution in [0.2, 0.25) is 0 Å². The Bertz CT molecular complexity index is 521. The molecule has 4 nitrogen and oxygen atoms in total. The minimum atomic E-state index is 0.877.